The van der Waals surface area contributed by atoms with Crippen LogP contribution >= 0.6 is 45.2 Å². The van der Waals surface area contributed by atoms with Crippen LogP contribution in [0, 0.1) is 7.14 Å². The predicted octanol–water partition coefficient (Wildman–Crippen LogP) is 4.93. The minimum Gasteiger partial charge on any atom is -0.496 e. The molecule has 144 valence electrons. The Bertz CT molecular complexity index is 844. The Morgan fingerprint density at radius 3 is 2.19 bits per heavy atom. The van der Waals surface area contributed by atoms with E-state index in [1.54, 1.807) is 19.2 Å². The summed E-state index contributed by atoms with van der Waals surface area (Å²) >= 11 is 4.25. The molecule has 0 aromatic heterocycles. The van der Waals surface area contributed by atoms with E-state index in [1.165, 1.54) is 0 Å². The van der Waals surface area contributed by atoms with Crippen LogP contribution in [0.4, 0.5) is 5.69 Å². The molecule has 27 heavy (non-hydrogen) atoms. The molecule has 0 heterocycles. The number of benzene rings is 2. The third kappa shape index (κ3) is 5.47. The van der Waals surface area contributed by atoms with Crippen molar-refractivity contribution in [1.29, 1.82) is 0 Å². The zero-order chi connectivity index (χ0) is 20.1. The maximum Gasteiger partial charge on any atom is 0.396 e. The summed E-state index contributed by atoms with van der Waals surface area (Å²) in [6, 6.07) is 9.15. The lowest BCUT2D eigenvalue weighted by atomic mass is 10.0. The molecule has 0 aliphatic heterocycles. The molecule has 0 aliphatic carbocycles. The number of hydrogen-bond donors (Lipinski definition) is 1. The second kappa shape index (κ2) is 9.58. The van der Waals surface area contributed by atoms with E-state index in [9.17, 15) is 9.59 Å². The van der Waals surface area contributed by atoms with Gasteiger partial charge in [-0.2, -0.15) is 0 Å². The van der Waals surface area contributed by atoms with Crippen molar-refractivity contribution in [2.45, 2.75) is 19.8 Å². The molecule has 0 aliphatic rings. The first-order chi connectivity index (χ1) is 12.8. The highest BCUT2D eigenvalue weighted by Gasteiger charge is 2.17. The number of carbonyl (C=O) groups is 2. The van der Waals surface area contributed by atoms with Crippen LogP contribution in [-0.2, 0) is 14.3 Å². The Labute approximate surface area is 185 Å². The number of methoxy groups -OCH3 is 2. The number of carbonyl (C=O) groups excluding carboxylic acids is 2. The first-order valence-electron chi connectivity index (χ1n) is 8.01. The second-order valence-corrected chi connectivity index (χ2v) is 8.20. The van der Waals surface area contributed by atoms with E-state index in [2.05, 4.69) is 69.1 Å². The van der Waals surface area contributed by atoms with Gasteiger partial charge in [0, 0.05) is 11.3 Å². The van der Waals surface area contributed by atoms with Crippen molar-refractivity contribution >= 4 is 62.7 Å². The molecule has 0 saturated carbocycles. The molecular formula is C19H19I2NO5. The Hall–Kier alpha value is -1.56. The van der Waals surface area contributed by atoms with Crippen LogP contribution < -0.4 is 14.8 Å². The van der Waals surface area contributed by atoms with Gasteiger partial charge >= 0.3 is 11.9 Å². The third-order valence-corrected chi connectivity index (χ3v) is 5.27. The molecule has 0 fully saturated rings. The van der Waals surface area contributed by atoms with E-state index in [0.29, 0.717) is 17.2 Å². The summed E-state index contributed by atoms with van der Waals surface area (Å²) in [6.45, 7) is 4.18. The van der Waals surface area contributed by atoms with Crippen molar-refractivity contribution in [2.24, 2.45) is 0 Å². The smallest absolute Gasteiger partial charge is 0.396 e. The molecule has 2 rings (SSSR count). The zero-order valence-corrected chi connectivity index (χ0v) is 19.6. The molecule has 2 aromatic rings. The summed E-state index contributed by atoms with van der Waals surface area (Å²) in [5.74, 6) is 0.711. The van der Waals surface area contributed by atoms with Gasteiger partial charge in [-0.1, -0.05) is 13.8 Å². The fourth-order valence-corrected chi connectivity index (χ4v) is 4.34. The van der Waals surface area contributed by atoms with E-state index in [-0.39, 0.29) is 5.92 Å². The van der Waals surface area contributed by atoms with Crippen molar-refractivity contribution in [3.8, 4) is 17.2 Å². The predicted molar refractivity (Wildman–Crippen MR) is 120 cm³/mol. The summed E-state index contributed by atoms with van der Waals surface area (Å²) in [5.41, 5.74) is 1.55. The van der Waals surface area contributed by atoms with Gasteiger partial charge in [-0.3, -0.25) is 4.79 Å². The highest BCUT2D eigenvalue weighted by molar-refractivity contribution is 14.1. The molecule has 0 spiro atoms. The fraction of sp³-hybridized carbons (Fsp3) is 0.263. The fourth-order valence-electron chi connectivity index (χ4n) is 2.35. The van der Waals surface area contributed by atoms with Crippen LogP contribution in [0.5, 0.6) is 17.2 Å². The van der Waals surface area contributed by atoms with Crippen molar-refractivity contribution < 1.29 is 23.8 Å². The number of nitrogens with one attached hydrogen (secondary N) is 1. The van der Waals surface area contributed by atoms with Crippen LogP contribution in [0.15, 0.2) is 30.3 Å². The molecule has 0 unspecified atom stereocenters. The van der Waals surface area contributed by atoms with Gasteiger partial charge in [0.1, 0.15) is 11.5 Å². The van der Waals surface area contributed by atoms with Gasteiger partial charge in [-0.05, 0) is 81.4 Å². The van der Waals surface area contributed by atoms with Gasteiger partial charge in [-0.15, -0.1) is 0 Å². The molecular weight excluding hydrogens is 576 g/mol. The summed E-state index contributed by atoms with van der Waals surface area (Å²) < 4.78 is 17.5. The number of esters is 1. The number of ether oxygens (including phenoxy) is 3. The van der Waals surface area contributed by atoms with E-state index >= 15 is 0 Å². The van der Waals surface area contributed by atoms with E-state index < -0.39 is 11.9 Å². The lowest BCUT2D eigenvalue weighted by Crippen LogP contribution is -2.23. The maximum absolute atomic E-state index is 11.7. The Kier molecular flexibility index (Phi) is 7.71. The Morgan fingerprint density at radius 2 is 1.67 bits per heavy atom. The van der Waals surface area contributed by atoms with Gasteiger partial charge in [0.2, 0.25) is 0 Å². The average molecular weight is 595 g/mol. The minimum absolute atomic E-state index is 0.289. The van der Waals surface area contributed by atoms with Crippen LogP contribution in [-0.4, -0.2) is 26.1 Å². The standard InChI is InChI=1S/C19H19I2NO5/c1-10(2)13-9-12(5-6-16(13)25-3)27-17-14(20)7-11(8-15(17)21)22-18(23)19(24)26-4/h5-10H,1-4H3,(H,22,23). The number of anilines is 1. The van der Waals surface area contributed by atoms with Crippen LogP contribution in [0.2, 0.25) is 0 Å². The normalized spacial score (nSPS) is 10.5. The van der Waals surface area contributed by atoms with Crippen molar-refractivity contribution in [3.05, 3.63) is 43.0 Å². The second-order valence-electron chi connectivity index (χ2n) is 5.88. The van der Waals surface area contributed by atoms with Gasteiger partial charge in [0.25, 0.3) is 0 Å². The quantitative estimate of drug-likeness (QED) is 0.302. The lowest BCUT2D eigenvalue weighted by Gasteiger charge is -2.16. The molecule has 1 N–H and O–H groups in total. The monoisotopic (exact) mass is 595 g/mol. The van der Waals surface area contributed by atoms with Crippen molar-refractivity contribution in [1.82, 2.24) is 0 Å². The number of hydrogen-bond acceptors (Lipinski definition) is 5. The average Bonchev–Trinajstić information content (AvgIpc) is 2.63. The van der Waals surface area contributed by atoms with E-state index in [0.717, 1.165) is 25.6 Å². The Morgan fingerprint density at radius 1 is 1.04 bits per heavy atom. The lowest BCUT2D eigenvalue weighted by molar-refractivity contribution is -0.150. The first kappa shape index (κ1) is 21.7. The summed E-state index contributed by atoms with van der Waals surface area (Å²) in [5, 5.41) is 2.51. The number of halogens is 2. The molecule has 8 heteroatoms. The highest BCUT2D eigenvalue weighted by Crippen LogP contribution is 2.37. The third-order valence-electron chi connectivity index (χ3n) is 3.67. The molecule has 6 nitrogen and oxygen atoms in total. The molecule has 0 saturated heterocycles. The van der Waals surface area contributed by atoms with Gasteiger partial charge < -0.3 is 19.5 Å². The first-order valence-corrected chi connectivity index (χ1v) is 10.2. The van der Waals surface area contributed by atoms with Crippen molar-refractivity contribution in [2.75, 3.05) is 19.5 Å². The van der Waals surface area contributed by atoms with Gasteiger partial charge in [-0.25, -0.2) is 4.79 Å². The van der Waals surface area contributed by atoms with Crippen molar-refractivity contribution in [3.63, 3.8) is 0 Å². The van der Waals surface area contributed by atoms with Gasteiger partial charge in [0.05, 0.1) is 21.4 Å². The number of amides is 1. The molecule has 0 bridgehead atoms. The highest BCUT2D eigenvalue weighted by atomic mass is 127. The van der Waals surface area contributed by atoms with E-state index in [4.69, 9.17) is 9.47 Å². The molecule has 2 aromatic carbocycles. The zero-order valence-electron chi connectivity index (χ0n) is 15.3. The van der Waals surface area contributed by atoms with Gasteiger partial charge in [0.15, 0.2) is 5.75 Å². The number of rotatable bonds is 5. The van der Waals surface area contributed by atoms with E-state index in [1.807, 2.05) is 18.2 Å². The largest absolute Gasteiger partial charge is 0.496 e. The van der Waals surface area contributed by atoms with Crippen LogP contribution in [0.25, 0.3) is 0 Å². The minimum atomic E-state index is -0.945. The SMILES string of the molecule is COC(=O)C(=O)Nc1cc(I)c(Oc2ccc(OC)c(C(C)C)c2)c(I)c1. The Balaban J connectivity index is 2.29. The summed E-state index contributed by atoms with van der Waals surface area (Å²) in [4.78, 5) is 22.9. The molecule has 1 amide bonds. The van der Waals surface area contributed by atoms with Crippen LogP contribution in [0.3, 0.4) is 0 Å². The summed E-state index contributed by atoms with van der Waals surface area (Å²) in [6.07, 6.45) is 0. The molecule has 0 radical (unpaired) electrons. The summed E-state index contributed by atoms with van der Waals surface area (Å²) in [7, 11) is 2.81. The molecule has 0 atom stereocenters. The van der Waals surface area contributed by atoms with Crippen LogP contribution in [0.1, 0.15) is 25.3 Å². The topological polar surface area (TPSA) is 73.9 Å². The maximum atomic E-state index is 11.7.